The van der Waals surface area contributed by atoms with Crippen LogP contribution in [0.4, 0.5) is 0 Å². The fourth-order valence-corrected chi connectivity index (χ4v) is 3.90. The van der Waals surface area contributed by atoms with Gasteiger partial charge in [0.25, 0.3) is 0 Å². The smallest absolute Gasteiger partial charge is 0.179 e. The summed E-state index contributed by atoms with van der Waals surface area (Å²) in [6.07, 6.45) is 2.58. The first-order valence-electron chi connectivity index (χ1n) is 8.41. The van der Waals surface area contributed by atoms with Crippen molar-refractivity contribution in [2.24, 2.45) is 0 Å². The van der Waals surface area contributed by atoms with Crippen molar-refractivity contribution < 1.29 is 14.3 Å². The Hall–Kier alpha value is -1.65. The van der Waals surface area contributed by atoms with Crippen LogP contribution in [0.5, 0.6) is 0 Å². The van der Waals surface area contributed by atoms with Gasteiger partial charge in [-0.3, -0.25) is 4.79 Å². The zero-order chi connectivity index (χ0) is 16.2. The number of benzene rings is 1. The van der Waals surface area contributed by atoms with Crippen LogP contribution in [0.3, 0.4) is 0 Å². The number of ether oxygens (including phenoxy) is 2. The van der Waals surface area contributed by atoms with Crippen molar-refractivity contribution in [3.05, 3.63) is 35.0 Å². The second-order valence-electron chi connectivity index (χ2n) is 7.19. The summed E-state index contributed by atoms with van der Waals surface area (Å²) in [5.41, 5.74) is 4.49. The van der Waals surface area contributed by atoms with Gasteiger partial charge in [-0.2, -0.15) is 0 Å². The summed E-state index contributed by atoms with van der Waals surface area (Å²) in [5, 5.41) is 1.23. The molecular formula is C19H23NO3. The number of ketones is 1. The fraction of sp³-hybridized carbons (Fsp3) is 0.526. The Morgan fingerprint density at radius 1 is 1.30 bits per heavy atom. The summed E-state index contributed by atoms with van der Waals surface area (Å²) < 4.78 is 13.8. The molecule has 0 radical (unpaired) electrons. The molecule has 0 N–H and O–H groups in total. The van der Waals surface area contributed by atoms with Gasteiger partial charge >= 0.3 is 0 Å². The summed E-state index contributed by atoms with van der Waals surface area (Å²) in [4.78, 5) is 12.6. The molecule has 2 heterocycles. The number of carbonyl (C=O) groups is 1. The molecule has 4 rings (SSSR count). The monoisotopic (exact) mass is 313 g/mol. The van der Waals surface area contributed by atoms with Gasteiger partial charge in [-0.05, 0) is 51.3 Å². The van der Waals surface area contributed by atoms with E-state index >= 15 is 0 Å². The first kappa shape index (κ1) is 14.9. The Bertz CT molecular complexity index is 787. The molecule has 1 saturated heterocycles. The summed E-state index contributed by atoms with van der Waals surface area (Å²) in [5.74, 6) is -0.271. The predicted molar refractivity (Wildman–Crippen MR) is 88.8 cm³/mol. The number of hydrogen-bond acceptors (Lipinski definition) is 3. The van der Waals surface area contributed by atoms with E-state index in [0.717, 1.165) is 24.1 Å². The molecule has 0 unspecified atom stereocenters. The van der Waals surface area contributed by atoms with E-state index in [1.165, 1.54) is 16.5 Å². The Labute approximate surface area is 136 Å². The van der Waals surface area contributed by atoms with Gasteiger partial charge in [0, 0.05) is 17.3 Å². The molecule has 2 aromatic rings. The van der Waals surface area contributed by atoms with Crippen LogP contribution < -0.4 is 0 Å². The molecule has 122 valence electrons. The van der Waals surface area contributed by atoms with Gasteiger partial charge in [0.05, 0.1) is 18.8 Å². The summed E-state index contributed by atoms with van der Waals surface area (Å²) in [7, 11) is 0. The van der Waals surface area contributed by atoms with E-state index in [1.807, 2.05) is 13.8 Å². The van der Waals surface area contributed by atoms with Crippen LogP contribution in [-0.2, 0) is 22.4 Å². The molecular weight excluding hydrogens is 290 g/mol. The number of aryl methyl sites for hydroxylation is 2. The number of rotatable bonds is 2. The maximum absolute atomic E-state index is 12.6. The lowest BCUT2D eigenvalue weighted by Gasteiger charge is -2.19. The lowest BCUT2D eigenvalue weighted by atomic mass is 9.94. The van der Waals surface area contributed by atoms with Crippen LogP contribution in [-0.4, -0.2) is 28.8 Å². The van der Waals surface area contributed by atoms with E-state index in [4.69, 9.17) is 9.47 Å². The quantitative estimate of drug-likeness (QED) is 0.850. The van der Waals surface area contributed by atoms with Gasteiger partial charge in [0.1, 0.15) is 6.10 Å². The average molecular weight is 313 g/mol. The summed E-state index contributed by atoms with van der Waals surface area (Å²) in [6, 6.07) is 6.46. The van der Waals surface area contributed by atoms with E-state index in [9.17, 15) is 4.79 Å². The number of carbonyl (C=O) groups excluding carboxylic acids is 1. The van der Waals surface area contributed by atoms with Crippen LogP contribution in [0.15, 0.2) is 18.2 Å². The van der Waals surface area contributed by atoms with Crippen molar-refractivity contribution in [3.63, 3.8) is 0 Å². The van der Waals surface area contributed by atoms with Gasteiger partial charge in [-0.1, -0.05) is 11.6 Å². The Morgan fingerprint density at radius 2 is 2.13 bits per heavy atom. The van der Waals surface area contributed by atoms with Gasteiger partial charge in [-0.15, -0.1) is 0 Å². The van der Waals surface area contributed by atoms with Crippen molar-refractivity contribution >= 4 is 16.7 Å². The number of Topliss-reactive ketones (excluding diaryl/α,β-unsaturated/α-hetero) is 1. The van der Waals surface area contributed by atoms with Crippen LogP contribution in [0.1, 0.15) is 48.3 Å². The molecule has 0 amide bonds. The minimum Gasteiger partial charge on any atom is -0.348 e. The maximum atomic E-state index is 12.6. The molecule has 2 aliphatic rings. The first-order chi connectivity index (χ1) is 10.9. The van der Waals surface area contributed by atoms with Crippen LogP contribution in [0.2, 0.25) is 0 Å². The second kappa shape index (κ2) is 5.18. The van der Waals surface area contributed by atoms with Gasteiger partial charge < -0.3 is 14.0 Å². The third-order valence-electron chi connectivity index (χ3n) is 4.87. The zero-order valence-corrected chi connectivity index (χ0v) is 14.0. The Morgan fingerprint density at radius 3 is 2.87 bits per heavy atom. The van der Waals surface area contributed by atoms with Crippen molar-refractivity contribution in [1.82, 2.24) is 4.57 Å². The van der Waals surface area contributed by atoms with E-state index < -0.39 is 5.79 Å². The summed E-state index contributed by atoms with van der Waals surface area (Å²) in [6.45, 7) is 7.21. The minimum absolute atomic E-state index is 0.0132. The maximum Gasteiger partial charge on any atom is 0.179 e. The highest BCUT2D eigenvalue weighted by atomic mass is 16.7. The highest BCUT2D eigenvalue weighted by molar-refractivity contribution is 6.04. The lowest BCUT2D eigenvalue weighted by Crippen LogP contribution is -2.26. The minimum atomic E-state index is -0.533. The van der Waals surface area contributed by atoms with E-state index in [2.05, 4.69) is 29.7 Å². The van der Waals surface area contributed by atoms with Crippen LogP contribution >= 0.6 is 0 Å². The normalized spacial score (nSPS) is 23.4. The van der Waals surface area contributed by atoms with E-state index in [0.29, 0.717) is 19.6 Å². The highest BCUT2D eigenvalue weighted by Gasteiger charge is 2.34. The predicted octanol–water partition coefficient (Wildman–Crippen LogP) is 3.62. The second-order valence-corrected chi connectivity index (χ2v) is 7.19. The summed E-state index contributed by atoms with van der Waals surface area (Å²) >= 11 is 0. The molecule has 0 saturated carbocycles. The molecule has 0 spiro atoms. The van der Waals surface area contributed by atoms with Crippen LogP contribution in [0.25, 0.3) is 10.9 Å². The van der Waals surface area contributed by atoms with Crippen molar-refractivity contribution in [2.45, 2.75) is 58.5 Å². The zero-order valence-electron chi connectivity index (χ0n) is 14.0. The molecule has 1 aliphatic heterocycles. The Kier molecular flexibility index (Phi) is 3.36. The third-order valence-corrected chi connectivity index (χ3v) is 4.87. The molecule has 1 fully saturated rings. The lowest BCUT2D eigenvalue weighted by molar-refractivity contribution is -0.139. The average Bonchev–Trinajstić information content (AvgIpc) is 2.99. The molecule has 4 nitrogen and oxygen atoms in total. The van der Waals surface area contributed by atoms with Crippen LogP contribution in [0, 0.1) is 6.92 Å². The van der Waals surface area contributed by atoms with Gasteiger partial charge in [0.2, 0.25) is 0 Å². The SMILES string of the molecule is Cc1ccc2c(c1)c1c(n2C[C@H]2COC(C)(C)O2)C(=O)CCC1. The highest BCUT2D eigenvalue weighted by Crippen LogP contribution is 2.34. The fourth-order valence-electron chi connectivity index (χ4n) is 3.90. The van der Waals surface area contributed by atoms with E-state index in [-0.39, 0.29) is 11.9 Å². The molecule has 0 bridgehead atoms. The first-order valence-corrected chi connectivity index (χ1v) is 8.41. The third kappa shape index (κ3) is 2.50. The molecule has 23 heavy (non-hydrogen) atoms. The van der Waals surface area contributed by atoms with Gasteiger partial charge in [0.15, 0.2) is 11.6 Å². The van der Waals surface area contributed by atoms with Gasteiger partial charge in [-0.25, -0.2) is 0 Å². The number of aromatic nitrogens is 1. The van der Waals surface area contributed by atoms with Crippen molar-refractivity contribution in [1.29, 1.82) is 0 Å². The molecule has 1 atom stereocenters. The number of fused-ring (bicyclic) bond motifs is 3. The number of hydrogen-bond donors (Lipinski definition) is 0. The Balaban J connectivity index is 1.82. The number of nitrogens with zero attached hydrogens (tertiary/aromatic N) is 1. The topological polar surface area (TPSA) is 40.5 Å². The van der Waals surface area contributed by atoms with E-state index in [1.54, 1.807) is 0 Å². The molecule has 1 aromatic carbocycles. The largest absolute Gasteiger partial charge is 0.348 e. The standard InChI is InChI=1S/C19H23NO3/c1-12-7-8-16-15(9-12)14-5-4-6-17(21)18(14)20(16)10-13-11-22-19(2,3)23-13/h7-9,13H,4-6,10-11H2,1-3H3/t13-/m0/s1. The molecule has 4 heteroatoms. The molecule has 1 aromatic heterocycles. The molecule has 1 aliphatic carbocycles. The van der Waals surface area contributed by atoms with Crippen molar-refractivity contribution in [3.8, 4) is 0 Å². The van der Waals surface area contributed by atoms with Crippen molar-refractivity contribution in [2.75, 3.05) is 6.61 Å².